The first-order chi connectivity index (χ1) is 14.6. The number of hydrogen-bond donors (Lipinski definition) is 0. The number of carbonyl (C=O) groups is 1. The molecule has 3 aliphatic rings. The number of likely N-dealkylation sites (tertiary alicyclic amines) is 1. The van der Waals surface area contributed by atoms with Crippen molar-refractivity contribution in [1.29, 1.82) is 0 Å². The van der Waals surface area contributed by atoms with Gasteiger partial charge in [0.25, 0.3) is 0 Å². The molecule has 0 saturated carbocycles. The van der Waals surface area contributed by atoms with Gasteiger partial charge in [0.2, 0.25) is 5.91 Å². The minimum atomic E-state index is -0.277. The molecule has 1 atom stereocenters. The summed E-state index contributed by atoms with van der Waals surface area (Å²) in [7, 11) is 3.20. The van der Waals surface area contributed by atoms with E-state index in [0.29, 0.717) is 49.2 Å². The number of ether oxygens (including phenoxy) is 4. The average Bonchev–Trinajstić information content (AvgIpc) is 3.22. The summed E-state index contributed by atoms with van der Waals surface area (Å²) in [5.41, 5.74) is 0.432. The van der Waals surface area contributed by atoms with Crippen molar-refractivity contribution in [2.45, 2.75) is 37.8 Å². The van der Waals surface area contributed by atoms with Crippen LogP contribution in [0.3, 0.4) is 0 Å². The molecular formula is C22H33N3O5. The Labute approximate surface area is 178 Å². The highest BCUT2D eigenvalue weighted by Gasteiger charge is 2.41. The molecule has 0 N–H and O–H groups in total. The van der Waals surface area contributed by atoms with E-state index in [1.807, 2.05) is 4.90 Å². The molecule has 8 nitrogen and oxygen atoms in total. The van der Waals surface area contributed by atoms with E-state index in [-0.39, 0.29) is 11.5 Å². The predicted molar refractivity (Wildman–Crippen MR) is 111 cm³/mol. The smallest absolute Gasteiger partial charge is 0.225 e. The van der Waals surface area contributed by atoms with Crippen LogP contribution in [0.25, 0.3) is 0 Å². The van der Waals surface area contributed by atoms with Crippen molar-refractivity contribution in [2.75, 3.05) is 60.2 Å². The fourth-order valence-electron chi connectivity index (χ4n) is 4.82. The van der Waals surface area contributed by atoms with Gasteiger partial charge >= 0.3 is 0 Å². The van der Waals surface area contributed by atoms with E-state index < -0.39 is 0 Å². The minimum Gasteiger partial charge on any atom is -0.493 e. The number of piperidine rings is 1. The summed E-state index contributed by atoms with van der Waals surface area (Å²) in [6.45, 7) is 6.35. The van der Waals surface area contributed by atoms with Crippen LogP contribution in [-0.2, 0) is 20.8 Å². The van der Waals surface area contributed by atoms with E-state index in [1.165, 1.54) is 0 Å². The van der Waals surface area contributed by atoms with Crippen LogP contribution in [0, 0.1) is 5.92 Å². The van der Waals surface area contributed by atoms with Gasteiger partial charge in [-0.15, -0.1) is 0 Å². The Morgan fingerprint density at radius 1 is 1.23 bits per heavy atom. The van der Waals surface area contributed by atoms with Gasteiger partial charge < -0.3 is 28.7 Å². The summed E-state index contributed by atoms with van der Waals surface area (Å²) in [6, 6.07) is 1.77. The summed E-state index contributed by atoms with van der Waals surface area (Å²) >= 11 is 0. The first kappa shape index (κ1) is 21.3. The number of pyridine rings is 1. The fourth-order valence-corrected chi connectivity index (χ4v) is 4.82. The average molecular weight is 420 g/mol. The summed E-state index contributed by atoms with van der Waals surface area (Å²) in [6.07, 6.45) is 5.13. The van der Waals surface area contributed by atoms with Crippen molar-refractivity contribution in [3.63, 3.8) is 0 Å². The molecule has 1 amide bonds. The van der Waals surface area contributed by atoms with Gasteiger partial charge in [0.15, 0.2) is 11.5 Å². The van der Waals surface area contributed by atoms with Gasteiger partial charge in [-0.2, -0.15) is 0 Å². The lowest BCUT2D eigenvalue weighted by molar-refractivity contribution is -0.132. The van der Waals surface area contributed by atoms with Gasteiger partial charge in [0.05, 0.1) is 52.5 Å². The zero-order chi connectivity index (χ0) is 21.0. The monoisotopic (exact) mass is 419 g/mol. The molecule has 30 heavy (non-hydrogen) atoms. The first-order valence-electron chi connectivity index (χ1n) is 10.9. The second kappa shape index (κ2) is 9.49. The molecule has 1 unspecified atom stereocenters. The quantitative estimate of drug-likeness (QED) is 0.695. The molecular weight excluding hydrogens is 386 g/mol. The lowest BCUT2D eigenvalue weighted by atomic mass is 9.89. The standard InChI is InChI=1S/C22H33N3O5/c1-27-19-3-8-23-18(21(19)28-2)14-25-16-22(30-12-5-20(25)26)6-9-24(10-7-22)13-17-4-11-29-15-17/h3,8,17H,4-7,9-16H2,1-2H3. The highest BCUT2D eigenvalue weighted by Crippen LogP contribution is 2.34. The van der Waals surface area contributed by atoms with E-state index in [4.69, 9.17) is 18.9 Å². The Morgan fingerprint density at radius 3 is 2.77 bits per heavy atom. The Hall–Kier alpha value is -1.90. The van der Waals surface area contributed by atoms with Crippen LogP contribution < -0.4 is 9.47 Å². The largest absolute Gasteiger partial charge is 0.493 e. The van der Waals surface area contributed by atoms with Crippen LogP contribution in [0.1, 0.15) is 31.4 Å². The third-order valence-electron chi connectivity index (χ3n) is 6.57. The van der Waals surface area contributed by atoms with E-state index in [0.717, 1.165) is 52.1 Å². The van der Waals surface area contributed by atoms with Gasteiger partial charge in [0.1, 0.15) is 5.69 Å². The Kier molecular flexibility index (Phi) is 6.75. The van der Waals surface area contributed by atoms with Crippen LogP contribution in [0.4, 0.5) is 0 Å². The lowest BCUT2D eigenvalue weighted by Gasteiger charge is -2.43. The summed E-state index contributed by atoms with van der Waals surface area (Å²) in [5.74, 6) is 1.96. The molecule has 1 spiro atoms. The number of methoxy groups -OCH3 is 2. The Morgan fingerprint density at radius 2 is 2.07 bits per heavy atom. The third kappa shape index (κ3) is 4.71. The SMILES string of the molecule is COc1ccnc(CN2CC3(CCN(CC4CCOC4)CC3)OCCC2=O)c1OC. The summed E-state index contributed by atoms with van der Waals surface area (Å²) < 4.78 is 22.7. The molecule has 0 aromatic carbocycles. The van der Waals surface area contributed by atoms with Crippen molar-refractivity contribution in [1.82, 2.24) is 14.8 Å². The van der Waals surface area contributed by atoms with Crippen LogP contribution in [0.5, 0.6) is 11.5 Å². The molecule has 1 aromatic rings. The van der Waals surface area contributed by atoms with Crippen molar-refractivity contribution in [2.24, 2.45) is 5.92 Å². The van der Waals surface area contributed by atoms with Gasteiger partial charge in [0, 0.05) is 38.5 Å². The molecule has 166 valence electrons. The van der Waals surface area contributed by atoms with E-state index in [1.54, 1.807) is 26.5 Å². The van der Waals surface area contributed by atoms with Crippen LogP contribution >= 0.6 is 0 Å². The predicted octanol–water partition coefficient (Wildman–Crippen LogP) is 1.72. The van der Waals surface area contributed by atoms with E-state index in [2.05, 4.69) is 9.88 Å². The molecule has 4 heterocycles. The second-order valence-electron chi connectivity index (χ2n) is 8.55. The molecule has 3 aliphatic heterocycles. The lowest BCUT2D eigenvalue weighted by Crippen LogP contribution is -2.52. The zero-order valence-corrected chi connectivity index (χ0v) is 18.1. The Bertz CT molecular complexity index is 729. The van der Waals surface area contributed by atoms with Crippen LogP contribution in [0.2, 0.25) is 0 Å². The summed E-state index contributed by atoms with van der Waals surface area (Å²) in [4.78, 5) is 21.7. The fraction of sp³-hybridized carbons (Fsp3) is 0.727. The number of rotatable bonds is 6. The molecule has 8 heteroatoms. The molecule has 1 aromatic heterocycles. The zero-order valence-electron chi connectivity index (χ0n) is 18.1. The highest BCUT2D eigenvalue weighted by molar-refractivity contribution is 5.76. The number of aromatic nitrogens is 1. The van der Waals surface area contributed by atoms with Gasteiger partial charge in [-0.25, -0.2) is 0 Å². The molecule has 4 rings (SSSR count). The maximum atomic E-state index is 12.8. The van der Waals surface area contributed by atoms with Crippen LogP contribution in [-0.4, -0.2) is 86.5 Å². The van der Waals surface area contributed by atoms with Crippen molar-refractivity contribution in [3.8, 4) is 11.5 Å². The van der Waals surface area contributed by atoms with Crippen molar-refractivity contribution >= 4 is 5.91 Å². The normalized spacial score (nSPS) is 24.8. The number of hydrogen-bond acceptors (Lipinski definition) is 7. The topological polar surface area (TPSA) is 73.4 Å². The van der Waals surface area contributed by atoms with Gasteiger partial charge in [-0.1, -0.05) is 0 Å². The Balaban J connectivity index is 1.43. The highest BCUT2D eigenvalue weighted by atomic mass is 16.5. The second-order valence-corrected chi connectivity index (χ2v) is 8.55. The molecule has 3 fully saturated rings. The minimum absolute atomic E-state index is 0.101. The van der Waals surface area contributed by atoms with Gasteiger partial charge in [-0.3, -0.25) is 9.78 Å². The van der Waals surface area contributed by atoms with E-state index in [9.17, 15) is 4.79 Å². The number of carbonyl (C=O) groups excluding carboxylic acids is 1. The number of nitrogens with zero attached hydrogens (tertiary/aromatic N) is 3. The third-order valence-corrected chi connectivity index (χ3v) is 6.57. The maximum Gasteiger partial charge on any atom is 0.225 e. The first-order valence-corrected chi connectivity index (χ1v) is 10.9. The summed E-state index contributed by atoms with van der Waals surface area (Å²) in [5, 5.41) is 0. The van der Waals surface area contributed by atoms with Crippen molar-refractivity contribution < 1.29 is 23.7 Å². The number of amides is 1. The van der Waals surface area contributed by atoms with Crippen LogP contribution in [0.15, 0.2) is 12.3 Å². The molecule has 0 bridgehead atoms. The molecule has 0 radical (unpaired) electrons. The maximum absolute atomic E-state index is 12.8. The van der Waals surface area contributed by atoms with E-state index >= 15 is 0 Å². The van der Waals surface area contributed by atoms with Gasteiger partial charge in [-0.05, 0) is 25.2 Å². The molecule has 3 saturated heterocycles. The molecule has 0 aliphatic carbocycles. The van der Waals surface area contributed by atoms with Crippen molar-refractivity contribution in [3.05, 3.63) is 18.0 Å².